The standard InChI is InChI=1S/C22H26N2O4/c25-14-12-20-11-4-5-13-24(20)21(26)18-9-6-10-19(15-18)23-22(27)28-16-17-7-2-1-3-8-17/h1-3,6-10,15,20,25H,4-5,11-14,16H2,(H,23,27). The van der Waals surface area contributed by atoms with E-state index in [0.29, 0.717) is 24.2 Å². The van der Waals surface area contributed by atoms with Gasteiger partial charge in [-0.05, 0) is 49.4 Å². The first-order valence-electron chi connectivity index (χ1n) is 9.67. The van der Waals surface area contributed by atoms with Gasteiger partial charge in [-0.25, -0.2) is 4.79 Å². The Morgan fingerprint density at radius 1 is 1.11 bits per heavy atom. The summed E-state index contributed by atoms with van der Waals surface area (Å²) in [6.45, 7) is 0.950. The average Bonchev–Trinajstić information content (AvgIpc) is 2.73. The lowest BCUT2D eigenvalue weighted by atomic mass is 9.98. The third kappa shape index (κ3) is 5.33. The number of aliphatic hydroxyl groups is 1. The molecule has 2 aromatic rings. The van der Waals surface area contributed by atoms with Crippen molar-refractivity contribution in [1.82, 2.24) is 4.90 Å². The van der Waals surface area contributed by atoms with E-state index in [1.807, 2.05) is 35.2 Å². The molecule has 2 amide bonds. The van der Waals surface area contributed by atoms with Gasteiger partial charge < -0.3 is 14.7 Å². The summed E-state index contributed by atoms with van der Waals surface area (Å²) < 4.78 is 5.22. The predicted molar refractivity (Wildman–Crippen MR) is 107 cm³/mol. The van der Waals surface area contributed by atoms with E-state index in [9.17, 15) is 14.7 Å². The summed E-state index contributed by atoms with van der Waals surface area (Å²) in [5.74, 6) is -0.0700. The molecule has 1 unspecified atom stereocenters. The number of nitrogens with one attached hydrogen (secondary N) is 1. The van der Waals surface area contributed by atoms with Crippen molar-refractivity contribution in [2.45, 2.75) is 38.3 Å². The molecule has 1 aliphatic rings. The third-order valence-electron chi connectivity index (χ3n) is 4.92. The second-order valence-electron chi connectivity index (χ2n) is 6.93. The Morgan fingerprint density at radius 2 is 1.93 bits per heavy atom. The Bertz CT molecular complexity index is 792. The lowest BCUT2D eigenvalue weighted by Gasteiger charge is -2.35. The van der Waals surface area contributed by atoms with Crippen LogP contribution in [0.25, 0.3) is 0 Å². The molecule has 0 radical (unpaired) electrons. The molecule has 2 aromatic carbocycles. The highest BCUT2D eigenvalue weighted by Crippen LogP contribution is 2.23. The van der Waals surface area contributed by atoms with Crippen LogP contribution in [0.1, 0.15) is 41.6 Å². The van der Waals surface area contributed by atoms with E-state index in [1.165, 1.54) is 0 Å². The monoisotopic (exact) mass is 382 g/mol. The summed E-state index contributed by atoms with van der Waals surface area (Å²) in [5, 5.41) is 11.9. The number of hydrogen-bond donors (Lipinski definition) is 2. The fraction of sp³-hybridized carbons (Fsp3) is 0.364. The van der Waals surface area contributed by atoms with Gasteiger partial charge in [0.1, 0.15) is 6.61 Å². The van der Waals surface area contributed by atoms with Crippen LogP contribution in [0.2, 0.25) is 0 Å². The molecule has 0 aliphatic carbocycles. The minimum Gasteiger partial charge on any atom is -0.444 e. The van der Waals surface area contributed by atoms with Gasteiger partial charge in [0.15, 0.2) is 0 Å². The highest BCUT2D eigenvalue weighted by atomic mass is 16.5. The Balaban J connectivity index is 1.61. The molecule has 6 nitrogen and oxygen atoms in total. The van der Waals surface area contributed by atoms with Gasteiger partial charge in [0.05, 0.1) is 0 Å². The molecule has 1 fully saturated rings. The summed E-state index contributed by atoms with van der Waals surface area (Å²) in [6, 6.07) is 16.4. The zero-order valence-corrected chi connectivity index (χ0v) is 15.8. The number of piperidine rings is 1. The van der Waals surface area contributed by atoms with Crippen LogP contribution in [0, 0.1) is 0 Å². The minimum atomic E-state index is -0.565. The van der Waals surface area contributed by atoms with Crippen molar-refractivity contribution in [2.24, 2.45) is 0 Å². The molecule has 28 heavy (non-hydrogen) atoms. The molecule has 1 atom stereocenters. The summed E-state index contributed by atoms with van der Waals surface area (Å²) in [7, 11) is 0. The molecule has 3 rings (SSSR count). The van der Waals surface area contributed by atoms with Gasteiger partial charge in [0, 0.05) is 30.4 Å². The first-order chi connectivity index (χ1) is 13.7. The van der Waals surface area contributed by atoms with Crippen molar-refractivity contribution < 1.29 is 19.4 Å². The van der Waals surface area contributed by atoms with Gasteiger partial charge >= 0.3 is 6.09 Å². The van der Waals surface area contributed by atoms with Crippen LogP contribution in [0.4, 0.5) is 10.5 Å². The maximum Gasteiger partial charge on any atom is 0.411 e. The maximum absolute atomic E-state index is 12.9. The molecular weight excluding hydrogens is 356 g/mol. The smallest absolute Gasteiger partial charge is 0.411 e. The Kier molecular flexibility index (Phi) is 7.03. The normalized spacial score (nSPS) is 16.5. The van der Waals surface area contributed by atoms with Gasteiger partial charge in [0.2, 0.25) is 0 Å². The largest absolute Gasteiger partial charge is 0.444 e. The van der Waals surface area contributed by atoms with Crippen molar-refractivity contribution in [3.63, 3.8) is 0 Å². The number of ether oxygens (including phenoxy) is 1. The lowest BCUT2D eigenvalue weighted by molar-refractivity contribution is 0.0574. The van der Waals surface area contributed by atoms with Gasteiger partial charge in [-0.2, -0.15) is 0 Å². The Morgan fingerprint density at radius 3 is 2.71 bits per heavy atom. The second-order valence-corrected chi connectivity index (χ2v) is 6.93. The van der Waals surface area contributed by atoms with Gasteiger partial charge in [0.25, 0.3) is 5.91 Å². The van der Waals surface area contributed by atoms with Crippen LogP contribution in [0.3, 0.4) is 0 Å². The van der Waals surface area contributed by atoms with Crippen molar-refractivity contribution in [3.8, 4) is 0 Å². The first kappa shape index (κ1) is 19.9. The van der Waals surface area contributed by atoms with Crippen molar-refractivity contribution >= 4 is 17.7 Å². The average molecular weight is 382 g/mol. The van der Waals surface area contributed by atoms with E-state index in [1.54, 1.807) is 24.3 Å². The molecule has 6 heteroatoms. The molecule has 0 spiro atoms. The van der Waals surface area contributed by atoms with E-state index in [2.05, 4.69) is 5.32 Å². The van der Waals surface area contributed by atoms with Crippen LogP contribution in [-0.2, 0) is 11.3 Å². The van der Waals surface area contributed by atoms with Gasteiger partial charge in [-0.1, -0.05) is 36.4 Å². The molecule has 148 valence electrons. The van der Waals surface area contributed by atoms with Crippen LogP contribution in [-0.4, -0.2) is 41.2 Å². The highest BCUT2D eigenvalue weighted by molar-refractivity contribution is 5.96. The van der Waals surface area contributed by atoms with E-state index in [-0.39, 0.29) is 25.2 Å². The molecule has 1 saturated heterocycles. The number of carbonyl (C=O) groups is 2. The molecule has 0 saturated carbocycles. The van der Waals surface area contributed by atoms with Crippen molar-refractivity contribution in [1.29, 1.82) is 0 Å². The van der Waals surface area contributed by atoms with E-state index in [4.69, 9.17) is 4.74 Å². The van der Waals surface area contributed by atoms with E-state index < -0.39 is 6.09 Å². The molecule has 0 bridgehead atoms. The third-order valence-corrected chi connectivity index (χ3v) is 4.92. The molecule has 1 aliphatic heterocycles. The first-order valence-corrected chi connectivity index (χ1v) is 9.67. The number of nitrogens with zero attached hydrogens (tertiary/aromatic N) is 1. The quantitative estimate of drug-likeness (QED) is 0.796. The van der Waals surface area contributed by atoms with Gasteiger partial charge in [-0.3, -0.25) is 10.1 Å². The van der Waals surface area contributed by atoms with E-state index >= 15 is 0 Å². The van der Waals surface area contributed by atoms with Gasteiger partial charge in [-0.15, -0.1) is 0 Å². The number of hydrogen-bond acceptors (Lipinski definition) is 4. The SMILES string of the molecule is O=C(Nc1cccc(C(=O)N2CCCCC2CCO)c1)OCc1ccccc1. The topological polar surface area (TPSA) is 78.9 Å². The van der Waals surface area contributed by atoms with Crippen LogP contribution in [0.5, 0.6) is 0 Å². The Labute approximate surface area is 165 Å². The highest BCUT2D eigenvalue weighted by Gasteiger charge is 2.27. The number of likely N-dealkylation sites (tertiary alicyclic amines) is 1. The minimum absolute atomic E-state index is 0.0682. The number of rotatable bonds is 6. The number of amides is 2. The fourth-order valence-corrected chi connectivity index (χ4v) is 3.49. The zero-order valence-electron chi connectivity index (χ0n) is 15.8. The fourth-order valence-electron chi connectivity index (χ4n) is 3.49. The zero-order chi connectivity index (χ0) is 19.8. The summed E-state index contributed by atoms with van der Waals surface area (Å²) in [4.78, 5) is 26.8. The van der Waals surface area contributed by atoms with Crippen LogP contribution in [0.15, 0.2) is 54.6 Å². The number of anilines is 1. The van der Waals surface area contributed by atoms with Crippen molar-refractivity contribution in [2.75, 3.05) is 18.5 Å². The Hall–Kier alpha value is -2.86. The maximum atomic E-state index is 12.9. The van der Waals surface area contributed by atoms with Crippen LogP contribution < -0.4 is 5.32 Å². The van der Waals surface area contributed by atoms with Crippen LogP contribution >= 0.6 is 0 Å². The molecule has 0 aromatic heterocycles. The predicted octanol–water partition coefficient (Wildman–Crippen LogP) is 3.81. The summed E-state index contributed by atoms with van der Waals surface area (Å²) in [5.41, 5.74) is 1.94. The molecule has 2 N–H and O–H groups in total. The number of carbonyl (C=O) groups excluding carboxylic acids is 2. The second kappa shape index (κ2) is 9.90. The number of aliphatic hydroxyl groups excluding tert-OH is 1. The molecule has 1 heterocycles. The lowest BCUT2D eigenvalue weighted by Crippen LogP contribution is -2.44. The summed E-state index contributed by atoms with van der Waals surface area (Å²) >= 11 is 0. The van der Waals surface area contributed by atoms with E-state index in [0.717, 1.165) is 24.8 Å². The molecular formula is C22H26N2O4. The number of benzene rings is 2. The summed E-state index contributed by atoms with van der Waals surface area (Å²) in [6.07, 6.45) is 2.98. The van der Waals surface area contributed by atoms with Crippen molar-refractivity contribution in [3.05, 3.63) is 65.7 Å².